The predicted octanol–water partition coefficient (Wildman–Crippen LogP) is 3.41. The third-order valence-corrected chi connectivity index (χ3v) is 3.41. The summed E-state index contributed by atoms with van der Waals surface area (Å²) in [6.45, 7) is 4.22. The highest BCUT2D eigenvalue weighted by Crippen LogP contribution is 2.25. The van der Waals surface area contributed by atoms with Gasteiger partial charge >= 0.3 is 0 Å². The molecule has 2 aromatic rings. The lowest BCUT2D eigenvalue weighted by atomic mass is 10.0. The molecule has 0 aliphatic carbocycles. The number of aryl methyl sites for hydroxylation is 2. The molecule has 0 saturated carbocycles. The fourth-order valence-corrected chi connectivity index (χ4v) is 2.58. The van der Waals surface area contributed by atoms with E-state index in [4.69, 9.17) is 5.73 Å². The largest absolute Gasteiger partial charge is 0.320 e. The van der Waals surface area contributed by atoms with Crippen LogP contribution in [0.25, 0.3) is 0 Å². The molecule has 1 aromatic heterocycles. The lowest BCUT2D eigenvalue weighted by Crippen LogP contribution is -2.10. The van der Waals surface area contributed by atoms with Crippen LogP contribution in [-0.2, 0) is 0 Å². The van der Waals surface area contributed by atoms with E-state index in [0.29, 0.717) is 0 Å². The second kappa shape index (κ2) is 4.17. The third kappa shape index (κ3) is 2.28. The van der Waals surface area contributed by atoms with E-state index >= 15 is 0 Å². The van der Waals surface area contributed by atoms with Crippen molar-refractivity contribution in [3.05, 3.63) is 57.3 Å². The first-order valence-corrected chi connectivity index (χ1v) is 5.92. The van der Waals surface area contributed by atoms with Crippen LogP contribution >= 0.6 is 11.3 Å². The van der Waals surface area contributed by atoms with Crippen LogP contribution in [0, 0.1) is 13.8 Å². The van der Waals surface area contributed by atoms with Crippen molar-refractivity contribution in [2.75, 3.05) is 0 Å². The van der Waals surface area contributed by atoms with E-state index in [1.54, 1.807) is 11.3 Å². The average molecular weight is 217 g/mol. The smallest absolute Gasteiger partial charge is 0.0646 e. The van der Waals surface area contributed by atoms with Gasteiger partial charge in [0.05, 0.1) is 6.04 Å². The van der Waals surface area contributed by atoms with E-state index in [9.17, 15) is 0 Å². The van der Waals surface area contributed by atoms with Gasteiger partial charge in [0.2, 0.25) is 0 Å². The van der Waals surface area contributed by atoms with Crippen molar-refractivity contribution in [2.24, 2.45) is 5.73 Å². The quantitative estimate of drug-likeness (QED) is 0.819. The average Bonchev–Trinajstić information content (AvgIpc) is 2.67. The summed E-state index contributed by atoms with van der Waals surface area (Å²) in [6, 6.07) is 10.7. The monoisotopic (exact) mass is 217 g/mol. The number of hydrogen-bond donors (Lipinski definition) is 1. The molecule has 0 unspecified atom stereocenters. The molecule has 1 heterocycles. The van der Waals surface area contributed by atoms with Gasteiger partial charge in [0, 0.05) is 4.88 Å². The van der Waals surface area contributed by atoms with Crippen molar-refractivity contribution in [3.8, 4) is 0 Å². The first-order valence-electron chi connectivity index (χ1n) is 5.04. The van der Waals surface area contributed by atoms with E-state index in [1.165, 1.54) is 21.6 Å². The van der Waals surface area contributed by atoms with Gasteiger partial charge in [-0.15, -0.1) is 11.3 Å². The Balaban J connectivity index is 2.37. The molecule has 0 aliphatic heterocycles. The Morgan fingerprint density at radius 1 is 1.13 bits per heavy atom. The molecule has 0 saturated heterocycles. The molecule has 0 spiro atoms. The maximum Gasteiger partial charge on any atom is 0.0646 e. The molecule has 2 N–H and O–H groups in total. The maximum absolute atomic E-state index is 6.21. The zero-order chi connectivity index (χ0) is 10.8. The van der Waals surface area contributed by atoms with E-state index in [-0.39, 0.29) is 6.04 Å². The van der Waals surface area contributed by atoms with E-state index < -0.39 is 0 Å². The summed E-state index contributed by atoms with van der Waals surface area (Å²) >= 11 is 1.71. The van der Waals surface area contributed by atoms with Gasteiger partial charge in [-0.1, -0.05) is 35.4 Å². The summed E-state index contributed by atoms with van der Waals surface area (Å²) in [7, 11) is 0. The Kier molecular flexibility index (Phi) is 2.89. The molecule has 2 heteroatoms. The second-order valence-electron chi connectivity index (χ2n) is 3.91. The zero-order valence-electron chi connectivity index (χ0n) is 9.03. The highest BCUT2D eigenvalue weighted by molar-refractivity contribution is 7.10. The van der Waals surface area contributed by atoms with E-state index in [2.05, 4.69) is 43.5 Å². The Bertz CT molecular complexity index is 425. The molecule has 78 valence electrons. The minimum atomic E-state index is 0.0172. The van der Waals surface area contributed by atoms with Crippen LogP contribution in [-0.4, -0.2) is 0 Å². The Morgan fingerprint density at radius 3 is 2.33 bits per heavy atom. The Labute approximate surface area is 94.6 Å². The first-order chi connectivity index (χ1) is 7.16. The van der Waals surface area contributed by atoms with Crippen LogP contribution < -0.4 is 5.73 Å². The van der Waals surface area contributed by atoms with Crippen molar-refractivity contribution in [3.63, 3.8) is 0 Å². The van der Waals surface area contributed by atoms with E-state index in [1.807, 2.05) is 6.07 Å². The number of nitrogens with two attached hydrogens (primary N) is 1. The normalized spacial score (nSPS) is 12.7. The molecule has 0 fully saturated rings. The van der Waals surface area contributed by atoms with Crippen LogP contribution in [0.1, 0.15) is 27.6 Å². The summed E-state index contributed by atoms with van der Waals surface area (Å²) in [6.07, 6.45) is 0. The van der Waals surface area contributed by atoms with Gasteiger partial charge in [-0.3, -0.25) is 0 Å². The molecule has 0 bridgehead atoms. The van der Waals surface area contributed by atoms with Gasteiger partial charge in [0.1, 0.15) is 0 Å². The van der Waals surface area contributed by atoms with Gasteiger partial charge < -0.3 is 5.73 Å². The fraction of sp³-hybridized carbons (Fsp3) is 0.231. The summed E-state index contributed by atoms with van der Waals surface area (Å²) in [4.78, 5) is 1.22. The van der Waals surface area contributed by atoms with Crippen molar-refractivity contribution in [2.45, 2.75) is 19.9 Å². The maximum atomic E-state index is 6.21. The topological polar surface area (TPSA) is 26.0 Å². The highest BCUT2D eigenvalue weighted by atomic mass is 32.1. The predicted molar refractivity (Wildman–Crippen MR) is 66.3 cm³/mol. The Hall–Kier alpha value is -1.12. The van der Waals surface area contributed by atoms with Crippen LogP contribution in [0.3, 0.4) is 0 Å². The number of thiophene rings is 1. The molecule has 1 nitrogen and oxygen atoms in total. The standard InChI is InChI=1S/C13H15NS/c1-9-6-10(2)8-11(7-9)13(14)12-4-3-5-15-12/h3-8,13H,14H2,1-2H3/t13-/m0/s1. The minimum Gasteiger partial charge on any atom is -0.320 e. The number of hydrogen-bond acceptors (Lipinski definition) is 2. The summed E-state index contributed by atoms with van der Waals surface area (Å²) in [5.74, 6) is 0. The molecular formula is C13H15NS. The number of rotatable bonds is 2. The molecule has 0 amide bonds. The lowest BCUT2D eigenvalue weighted by Gasteiger charge is -2.11. The minimum absolute atomic E-state index is 0.0172. The molecule has 1 aromatic carbocycles. The fourth-order valence-electron chi connectivity index (χ4n) is 1.82. The van der Waals surface area contributed by atoms with Gasteiger partial charge in [0.25, 0.3) is 0 Å². The van der Waals surface area contributed by atoms with Crippen molar-refractivity contribution in [1.29, 1.82) is 0 Å². The van der Waals surface area contributed by atoms with E-state index in [0.717, 1.165) is 0 Å². The van der Waals surface area contributed by atoms with Gasteiger partial charge in [-0.05, 0) is 30.9 Å². The molecule has 15 heavy (non-hydrogen) atoms. The van der Waals surface area contributed by atoms with Gasteiger partial charge in [0.15, 0.2) is 0 Å². The van der Waals surface area contributed by atoms with Crippen molar-refractivity contribution < 1.29 is 0 Å². The summed E-state index contributed by atoms with van der Waals surface area (Å²) < 4.78 is 0. The molecular weight excluding hydrogens is 202 g/mol. The second-order valence-corrected chi connectivity index (χ2v) is 4.89. The lowest BCUT2D eigenvalue weighted by molar-refractivity contribution is 0.889. The summed E-state index contributed by atoms with van der Waals surface area (Å²) in [5, 5.41) is 2.07. The molecule has 0 aliphatic rings. The summed E-state index contributed by atoms with van der Waals surface area (Å²) in [5.41, 5.74) is 9.96. The third-order valence-electron chi connectivity index (χ3n) is 2.45. The number of benzene rings is 1. The molecule has 2 rings (SSSR count). The van der Waals surface area contributed by atoms with Crippen molar-refractivity contribution >= 4 is 11.3 Å². The van der Waals surface area contributed by atoms with Gasteiger partial charge in [-0.2, -0.15) is 0 Å². The highest BCUT2D eigenvalue weighted by Gasteiger charge is 2.10. The first kappa shape index (κ1) is 10.4. The van der Waals surface area contributed by atoms with Crippen LogP contribution in [0.2, 0.25) is 0 Å². The zero-order valence-corrected chi connectivity index (χ0v) is 9.84. The molecule has 0 radical (unpaired) electrons. The van der Waals surface area contributed by atoms with Crippen molar-refractivity contribution in [1.82, 2.24) is 0 Å². The molecule has 1 atom stereocenters. The Morgan fingerprint density at radius 2 is 1.80 bits per heavy atom. The SMILES string of the molecule is Cc1cc(C)cc([C@H](N)c2cccs2)c1. The van der Waals surface area contributed by atoms with Crippen LogP contribution in [0.15, 0.2) is 35.7 Å². The van der Waals surface area contributed by atoms with Crippen LogP contribution in [0.4, 0.5) is 0 Å². The van der Waals surface area contributed by atoms with Gasteiger partial charge in [-0.25, -0.2) is 0 Å². The van der Waals surface area contributed by atoms with Crippen LogP contribution in [0.5, 0.6) is 0 Å².